The molecule has 0 aliphatic carbocycles. The van der Waals surface area contributed by atoms with Crippen molar-refractivity contribution in [3.63, 3.8) is 0 Å². The number of primary amides is 2. The fourth-order valence-electron chi connectivity index (χ4n) is 0.642. The fraction of sp³-hybridized carbons (Fsp3) is 0.500. The number of hydrogen-bond donors (Lipinski definition) is 3. The number of allylic oxidation sites excluding steroid dienone is 1. The average molecular weight is 242 g/mol. The van der Waals surface area contributed by atoms with E-state index in [-0.39, 0.29) is 6.10 Å². The van der Waals surface area contributed by atoms with E-state index in [1.54, 1.807) is 26.8 Å². The van der Waals surface area contributed by atoms with Crippen LogP contribution in [0.4, 0.5) is 0 Å². The number of carbonyl (C=O) groups excluding carboxylic acids is 2. The zero-order chi connectivity index (χ0) is 14.0. The Bertz CT molecular complexity index is 295. The Morgan fingerprint density at radius 1 is 1.29 bits per heavy atom. The molecule has 0 radical (unpaired) electrons. The van der Waals surface area contributed by atoms with Crippen LogP contribution in [0.2, 0.25) is 0 Å². The lowest BCUT2D eigenvalue weighted by Gasteiger charge is -1.99. The molecule has 5 N–H and O–H groups in total. The fourth-order valence-corrected chi connectivity index (χ4v) is 0.642. The number of carbonyl (C=O) groups is 2. The van der Waals surface area contributed by atoms with E-state index in [1.165, 1.54) is 0 Å². The van der Waals surface area contributed by atoms with Crippen LogP contribution < -0.4 is 11.5 Å². The summed E-state index contributed by atoms with van der Waals surface area (Å²) in [5.74, 6) is -0.828. The molecule has 0 aliphatic rings. The second-order valence-electron chi connectivity index (χ2n) is 3.82. The Morgan fingerprint density at radius 2 is 1.71 bits per heavy atom. The molecule has 1 unspecified atom stereocenters. The topological polar surface area (TPSA) is 106 Å². The maximum Gasteiger partial charge on any atom is 0.244 e. The van der Waals surface area contributed by atoms with Crippen molar-refractivity contribution in [2.45, 2.75) is 39.7 Å². The van der Waals surface area contributed by atoms with Crippen molar-refractivity contribution in [3.8, 4) is 0 Å². The molecule has 5 nitrogen and oxygen atoms in total. The molecule has 0 saturated heterocycles. The number of aliphatic hydroxyl groups is 1. The molecule has 0 heterocycles. The van der Waals surface area contributed by atoms with E-state index in [9.17, 15) is 9.59 Å². The number of hydrogen-bond acceptors (Lipinski definition) is 3. The summed E-state index contributed by atoms with van der Waals surface area (Å²) in [6.45, 7) is 8.24. The summed E-state index contributed by atoms with van der Waals surface area (Å²) in [7, 11) is 0. The van der Waals surface area contributed by atoms with Crippen LogP contribution in [0.1, 0.15) is 33.6 Å². The Labute approximate surface area is 102 Å². The van der Waals surface area contributed by atoms with Gasteiger partial charge in [-0.15, -0.1) is 0 Å². The summed E-state index contributed by atoms with van der Waals surface area (Å²) < 4.78 is 0. The molecule has 0 rings (SSSR count). The molecule has 2 amide bonds. The average Bonchev–Trinajstić information content (AvgIpc) is 2.17. The SMILES string of the molecule is C=C(C)C(N)=O.CC(=CCCC(C)O)C(N)=O. The van der Waals surface area contributed by atoms with Gasteiger partial charge in [-0.2, -0.15) is 0 Å². The Kier molecular flexibility index (Phi) is 10.0. The minimum atomic E-state index is -0.435. The molecule has 0 aromatic rings. The van der Waals surface area contributed by atoms with Gasteiger partial charge in [0.2, 0.25) is 11.8 Å². The summed E-state index contributed by atoms with van der Waals surface area (Å²) in [5, 5.41) is 8.86. The van der Waals surface area contributed by atoms with Crippen LogP contribution in [-0.2, 0) is 9.59 Å². The van der Waals surface area contributed by atoms with E-state index < -0.39 is 11.8 Å². The first-order valence-electron chi connectivity index (χ1n) is 5.28. The van der Waals surface area contributed by atoms with Crippen LogP contribution in [0, 0.1) is 0 Å². The van der Waals surface area contributed by atoms with Gasteiger partial charge in [-0.3, -0.25) is 9.59 Å². The highest BCUT2D eigenvalue weighted by Gasteiger charge is 1.97. The molecule has 0 aromatic heterocycles. The summed E-state index contributed by atoms with van der Waals surface area (Å²) in [6.07, 6.45) is 2.80. The van der Waals surface area contributed by atoms with Gasteiger partial charge in [0, 0.05) is 11.1 Å². The molecule has 5 heteroatoms. The minimum absolute atomic E-state index is 0.313. The van der Waals surface area contributed by atoms with Crippen LogP contribution >= 0.6 is 0 Å². The molecular weight excluding hydrogens is 220 g/mol. The second-order valence-corrected chi connectivity index (χ2v) is 3.82. The van der Waals surface area contributed by atoms with E-state index in [4.69, 9.17) is 16.6 Å². The third-order valence-corrected chi connectivity index (χ3v) is 1.84. The highest BCUT2D eigenvalue weighted by atomic mass is 16.3. The molecule has 0 aromatic carbocycles. The van der Waals surface area contributed by atoms with Crippen LogP contribution in [0.15, 0.2) is 23.8 Å². The largest absolute Gasteiger partial charge is 0.393 e. The minimum Gasteiger partial charge on any atom is -0.393 e. The van der Waals surface area contributed by atoms with Crippen molar-refractivity contribution >= 4 is 11.8 Å². The highest BCUT2D eigenvalue weighted by Crippen LogP contribution is 2.00. The van der Waals surface area contributed by atoms with Gasteiger partial charge in [-0.1, -0.05) is 12.7 Å². The zero-order valence-electron chi connectivity index (χ0n) is 10.7. The molecule has 17 heavy (non-hydrogen) atoms. The van der Waals surface area contributed by atoms with Crippen molar-refractivity contribution in [3.05, 3.63) is 23.8 Å². The molecule has 0 bridgehead atoms. The Balaban J connectivity index is 0. The third kappa shape index (κ3) is 14.4. The maximum absolute atomic E-state index is 10.5. The van der Waals surface area contributed by atoms with Crippen molar-refractivity contribution in [1.29, 1.82) is 0 Å². The quantitative estimate of drug-likeness (QED) is 0.615. The first kappa shape index (κ1) is 17.8. The number of aliphatic hydroxyl groups excluding tert-OH is 1. The first-order chi connectivity index (χ1) is 7.68. The summed E-state index contributed by atoms with van der Waals surface area (Å²) >= 11 is 0. The molecule has 0 fully saturated rings. The Hall–Kier alpha value is -1.62. The van der Waals surface area contributed by atoms with Gasteiger partial charge in [0.15, 0.2) is 0 Å². The molecular formula is C12H22N2O3. The van der Waals surface area contributed by atoms with E-state index in [2.05, 4.69) is 6.58 Å². The predicted octanol–water partition coefficient (Wildman–Crippen LogP) is 0.627. The van der Waals surface area contributed by atoms with Crippen molar-refractivity contribution in [2.24, 2.45) is 11.5 Å². The standard InChI is InChI=1S/C8H15NO2.C4H7NO/c1-6(8(9)11)4-3-5-7(2)10;1-3(2)4(5)6/h4,7,10H,3,5H2,1-2H3,(H2,9,11);1H2,2H3,(H2,5,6). The van der Waals surface area contributed by atoms with Crippen molar-refractivity contribution < 1.29 is 14.7 Å². The smallest absolute Gasteiger partial charge is 0.244 e. The van der Waals surface area contributed by atoms with Crippen LogP contribution in [0.3, 0.4) is 0 Å². The Morgan fingerprint density at radius 3 is 1.94 bits per heavy atom. The lowest BCUT2D eigenvalue weighted by atomic mass is 10.1. The van der Waals surface area contributed by atoms with Crippen molar-refractivity contribution in [2.75, 3.05) is 0 Å². The summed E-state index contributed by atoms with van der Waals surface area (Å²) in [4.78, 5) is 20.3. The molecule has 0 saturated carbocycles. The number of nitrogens with two attached hydrogens (primary N) is 2. The number of amides is 2. The zero-order valence-corrected chi connectivity index (χ0v) is 10.7. The van der Waals surface area contributed by atoms with Gasteiger partial charge in [0.05, 0.1) is 6.10 Å². The van der Waals surface area contributed by atoms with Crippen LogP contribution in [0.25, 0.3) is 0 Å². The molecule has 0 aliphatic heterocycles. The summed E-state index contributed by atoms with van der Waals surface area (Å²) in [5.41, 5.74) is 10.6. The lowest BCUT2D eigenvalue weighted by Crippen LogP contribution is -2.11. The molecule has 1 atom stereocenters. The van der Waals surface area contributed by atoms with Gasteiger partial charge in [0.1, 0.15) is 0 Å². The van der Waals surface area contributed by atoms with Gasteiger partial charge in [0.25, 0.3) is 0 Å². The van der Waals surface area contributed by atoms with Crippen molar-refractivity contribution in [1.82, 2.24) is 0 Å². The normalized spacial score (nSPS) is 12.1. The number of rotatable bonds is 5. The third-order valence-electron chi connectivity index (χ3n) is 1.84. The highest BCUT2D eigenvalue weighted by molar-refractivity contribution is 5.91. The van der Waals surface area contributed by atoms with E-state index >= 15 is 0 Å². The van der Waals surface area contributed by atoms with E-state index in [0.717, 1.165) is 0 Å². The lowest BCUT2D eigenvalue weighted by molar-refractivity contribution is -0.115. The molecule has 98 valence electrons. The van der Waals surface area contributed by atoms with Gasteiger partial charge in [-0.25, -0.2) is 0 Å². The van der Waals surface area contributed by atoms with Crippen LogP contribution in [0.5, 0.6) is 0 Å². The maximum atomic E-state index is 10.5. The van der Waals surface area contributed by atoms with Crippen LogP contribution in [-0.4, -0.2) is 23.0 Å². The van der Waals surface area contributed by atoms with Gasteiger partial charge < -0.3 is 16.6 Å². The monoisotopic (exact) mass is 242 g/mol. The first-order valence-corrected chi connectivity index (χ1v) is 5.28. The van der Waals surface area contributed by atoms with Gasteiger partial charge in [-0.05, 0) is 33.6 Å². The second kappa shape index (κ2) is 9.59. The van der Waals surface area contributed by atoms with Gasteiger partial charge >= 0.3 is 0 Å². The molecule has 0 spiro atoms. The summed E-state index contributed by atoms with van der Waals surface area (Å²) in [6, 6.07) is 0. The van der Waals surface area contributed by atoms with E-state index in [0.29, 0.717) is 24.0 Å². The predicted molar refractivity (Wildman–Crippen MR) is 67.9 cm³/mol. The van der Waals surface area contributed by atoms with E-state index in [1.807, 2.05) is 0 Å².